The smallest absolute Gasteiger partial charge is 0.264 e. The second-order valence-electron chi connectivity index (χ2n) is 9.43. The van der Waals surface area contributed by atoms with Crippen LogP contribution in [0.4, 0.5) is 10.8 Å². The van der Waals surface area contributed by atoms with Crippen LogP contribution in [0.2, 0.25) is 0 Å². The highest BCUT2D eigenvalue weighted by atomic mass is 32.1. The van der Waals surface area contributed by atoms with Crippen molar-refractivity contribution in [3.8, 4) is 17.0 Å². The summed E-state index contributed by atoms with van der Waals surface area (Å²) in [6.07, 6.45) is 2.05. The summed E-state index contributed by atoms with van der Waals surface area (Å²) in [7, 11) is 0. The number of hydrogen-bond acceptors (Lipinski definition) is 7. The zero-order chi connectivity index (χ0) is 27.2. The number of carbonyl (C=O) groups excluding carboxylic acids is 2. The first kappa shape index (κ1) is 26.4. The minimum absolute atomic E-state index is 0.0874. The Balaban J connectivity index is 1.44. The van der Waals surface area contributed by atoms with Crippen molar-refractivity contribution in [2.24, 2.45) is 5.73 Å². The number of nitrogens with zero attached hydrogens (tertiary/aromatic N) is 1. The second-order valence-corrected chi connectivity index (χ2v) is 10.4. The molecule has 8 nitrogen and oxygen atoms in total. The number of nitrogens with one attached hydrogen (secondary N) is 3. The SMILES string of the molecule is Cc1ccc(C(=O)NC2CC2)cc1Nc1nc(-c2cccc(OCCN)c2)c(C(=O)NCc2ccccc2)s1. The van der Waals surface area contributed by atoms with Crippen LogP contribution in [-0.4, -0.2) is 36.0 Å². The van der Waals surface area contributed by atoms with Crippen LogP contribution in [-0.2, 0) is 6.54 Å². The molecule has 200 valence electrons. The fraction of sp³-hybridized carbons (Fsp3) is 0.233. The Hall–Kier alpha value is -4.21. The number of thiazole rings is 1. The average molecular weight is 542 g/mol. The van der Waals surface area contributed by atoms with Crippen molar-refractivity contribution in [2.75, 3.05) is 18.5 Å². The van der Waals surface area contributed by atoms with Gasteiger partial charge >= 0.3 is 0 Å². The monoisotopic (exact) mass is 541 g/mol. The van der Waals surface area contributed by atoms with E-state index in [1.807, 2.05) is 79.7 Å². The molecule has 0 atom stereocenters. The minimum atomic E-state index is -0.220. The van der Waals surface area contributed by atoms with Crippen LogP contribution in [0.15, 0.2) is 72.8 Å². The van der Waals surface area contributed by atoms with Gasteiger partial charge in [-0.15, -0.1) is 0 Å². The quantitative estimate of drug-likeness (QED) is 0.212. The molecular formula is C30H31N5O3S. The van der Waals surface area contributed by atoms with E-state index in [1.165, 1.54) is 11.3 Å². The number of rotatable bonds is 11. The summed E-state index contributed by atoms with van der Waals surface area (Å²) >= 11 is 1.26. The minimum Gasteiger partial charge on any atom is -0.492 e. The molecule has 3 aromatic carbocycles. The van der Waals surface area contributed by atoms with Gasteiger partial charge in [0, 0.05) is 35.9 Å². The Labute approximate surface area is 231 Å². The van der Waals surface area contributed by atoms with Gasteiger partial charge in [0.05, 0.1) is 5.69 Å². The average Bonchev–Trinajstić information content (AvgIpc) is 3.67. The number of carbonyl (C=O) groups is 2. The summed E-state index contributed by atoms with van der Waals surface area (Å²) in [6.45, 7) is 3.16. The highest BCUT2D eigenvalue weighted by Crippen LogP contribution is 2.35. The molecule has 4 aromatic rings. The normalized spacial score (nSPS) is 12.6. The summed E-state index contributed by atoms with van der Waals surface area (Å²) in [5, 5.41) is 9.93. The maximum Gasteiger partial charge on any atom is 0.264 e. The van der Waals surface area contributed by atoms with E-state index < -0.39 is 0 Å². The molecule has 1 aromatic heterocycles. The Kier molecular flexibility index (Phi) is 8.19. The summed E-state index contributed by atoms with van der Waals surface area (Å²) in [4.78, 5) is 31.3. The largest absolute Gasteiger partial charge is 0.492 e. The van der Waals surface area contributed by atoms with Crippen LogP contribution < -0.4 is 26.4 Å². The van der Waals surface area contributed by atoms with Crippen molar-refractivity contribution >= 4 is 34.0 Å². The first-order chi connectivity index (χ1) is 19.0. The molecule has 1 aliphatic rings. The maximum absolute atomic E-state index is 13.4. The van der Waals surface area contributed by atoms with Gasteiger partial charge in [0.2, 0.25) is 0 Å². The van der Waals surface area contributed by atoms with Gasteiger partial charge < -0.3 is 26.4 Å². The molecule has 1 aliphatic carbocycles. The van der Waals surface area contributed by atoms with Crippen molar-refractivity contribution < 1.29 is 14.3 Å². The molecule has 0 radical (unpaired) electrons. The third-order valence-electron chi connectivity index (χ3n) is 6.28. The summed E-state index contributed by atoms with van der Waals surface area (Å²) in [5.41, 5.74) is 10.2. The Morgan fingerprint density at radius 3 is 2.62 bits per heavy atom. The third-order valence-corrected chi connectivity index (χ3v) is 7.25. The van der Waals surface area contributed by atoms with E-state index in [1.54, 1.807) is 0 Å². The summed E-state index contributed by atoms with van der Waals surface area (Å²) in [6, 6.07) is 23.1. The van der Waals surface area contributed by atoms with Crippen LogP contribution in [0.1, 0.15) is 44.0 Å². The van der Waals surface area contributed by atoms with Gasteiger partial charge in [-0.05, 0) is 55.2 Å². The highest BCUT2D eigenvalue weighted by molar-refractivity contribution is 7.18. The Morgan fingerprint density at radius 2 is 1.85 bits per heavy atom. The number of hydrogen-bond donors (Lipinski definition) is 4. The van der Waals surface area contributed by atoms with Gasteiger partial charge in [0.1, 0.15) is 17.2 Å². The molecule has 2 amide bonds. The first-order valence-corrected chi connectivity index (χ1v) is 13.8. The van der Waals surface area contributed by atoms with E-state index >= 15 is 0 Å². The Bertz CT molecular complexity index is 1470. The molecule has 5 rings (SSSR count). The van der Waals surface area contributed by atoms with Crippen molar-refractivity contribution in [1.82, 2.24) is 15.6 Å². The summed E-state index contributed by atoms with van der Waals surface area (Å²) < 4.78 is 5.71. The van der Waals surface area contributed by atoms with Crippen molar-refractivity contribution in [3.05, 3.63) is 94.4 Å². The van der Waals surface area contributed by atoms with E-state index in [-0.39, 0.29) is 17.9 Å². The van der Waals surface area contributed by atoms with Crippen molar-refractivity contribution in [3.63, 3.8) is 0 Å². The van der Waals surface area contributed by atoms with Crippen LogP contribution in [0, 0.1) is 6.92 Å². The van der Waals surface area contributed by atoms with E-state index in [0.29, 0.717) is 46.7 Å². The number of nitrogens with two attached hydrogens (primary N) is 1. The van der Waals surface area contributed by atoms with E-state index in [0.717, 1.165) is 35.2 Å². The van der Waals surface area contributed by atoms with Gasteiger partial charge in [0.25, 0.3) is 11.8 Å². The predicted octanol–water partition coefficient (Wildman–Crippen LogP) is 5.02. The molecule has 39 heavy (non-hydrogen) atoms. The molecule has 1 heterocycles. The number of aromatic nitrogens is 1. The molecule has 9 heteroatoms. The zero-order valence-electron chi connectivity index (χ0n) is 21.7. The first-order valence-electron chi connectivity index (χ1n) is 12.9. The zero-order valence-corrected chi connectivity index (χ0v) is 22.5. The van der Waals surface area contributed by atoms with E-state index in [4.69, 9.17) is 15.5 Å². The van der Waals surface area contributed by atoms with Gasteiger partial charge in [-0.3, -0.25) is 9.59 Å². The Morgan fingerprint density at radius 1 is 1.03 bits per heavy atom. The van der Waals surface area contributed by atoms with Crippen LogP contribution >= 0.6 is 11.3 Å². The molecular weight excluding hydrogens is 510 g/mol. The lowest BCUT2D eigenvalue weighted by Crippen LogP contribution is -2.25. The molecule has 0 bridgehead atoms. The number of aryl methyl sites for hydroxylation is 1. The van der Waals surface area contributed by atoms with Crippen molar-refractivity contribution in [1.29, 1.82) is 0 Å². The predicted molar refractivity (Wildman–Crippen MR) is 155 cm³/mol. The summed E-state index contributed by atoms with van der Waals surface area (Å²) in [5.74, 6) is 0.346. The maximum atomic E-state index is 13.4. The fourth-order valence-corrected chi connectivity index (χ4v) is 4.92. The van der Waals surface area contributed by atoms with Crippen molar-refractivity contribution in [2.45, 2.75) is 32.4 Å². The molecule has 0 saturated heterocycles. The van der Waals surface area contributed by atoms with Crippen LogP contribution in [0.25, 0.3) is 11.3 Å². The lowest BCUT2D eigenvalue weighted by Gasteiger charge is -2.10. The molecule has 1 saturated carbocycles. The molecule has 5 N–H and O–H groups in total. The molecule has 0 aliphatic heterocycles. The van der Waals surface area contributed by atoms with Gasteiger partial charge in [-0.2, -0.15) is 0 Å². The fourth-order valence-electron chi connectivity index (χ4n) is 4.00. The van der Waals surface area contributed by atoms with Crippen LogP contribution in [0.3, 0.4) is 0 Å². The van der Waals surface area contributed by atoms with E-state index in [9.17, 15) is 9.59 Å². The van der Waals surface area contributed by atoms with Gasteiger partial charge in [0.15, 0.2) is 5.13 Å². The van der Waals surface area contributed by atoms with Gasteiger partial charge in [-0.25, -0.2) is 4.98 Å². The highest BCUT2D eigenvalue weighted by Gasteiger charge is 2.24. The van der Waals surface area contributed by atoms with Crippen LogP contribution in [0.5, 0.6) is 5.75 Å². The van der Waals surface area contributed by atoms with Gasteiger partial charge in [-0.1, -0.05) is 59.9 Å². The number of ether oxygens (including phenoxy) is 1. The standard InChI is InChI=1S/C30H31N5O3S/c1-19-10-11-22(28(36)33-23-12-13-23)17-25(19)34-30-35-26(21-8-5-9-24(16-21)38-15-14-31)27(39-30)29(37)32-18-20-6-3-2-4-7-20/h2-11,16-17,23H,12-15,18,31H2,1H3,(H,32,37)(H,33,36)(H,34,35). The topological polar surface area (TPSA) is 118 Å². The molecule has 0 spiro atoms. The molecule has 1 fully saturated rings. The third kappa shape index (κ3) is 6.81. The lowest BCUT2D eigenvalue weighted by atomic mass is 10.1. The molecule has 0 unspecified atom stereocenters. The second kappa shape index (κ2) is 12.1. The lowest BCUT2D eigenvalue weighted by molar-refractivity contribution is 0.0944. The van der Waals surface area contributed by atoms with E-state index in [2.05, 4.69) is 16.0 Å². The number of anilines is 2. The number of benzene rings is 3. The number of amides is 2.